The first-order chi connectivity index (χ1) is 13.0. The number of thioether (sulfide) groups is 1. The molecular formula is C19H18BrN3O3S. The number of hydrogen-bond acceptors (Lipinski definition) is 5. The molecule has 1 fully saturated rings. The second-order valence-electron chi connectivity index (χ2n) is 5.85. The third kappa shape index (κ3) is 4.90. The highest BCUT2D eigenvalue weighted by Gasteiger charge is 2.34. The van der Waals surface area contributed by atoms with E-state index in [9.17, 15) is 9.59 Å². The predicted octanol–water partition coefficient (Wildman–Crippen LogP) is 4.05. The predicted molar refractivity (Wildman–Crippen MR) is 112 cm³/mol. The van der Waals surface area contributed by atoms with Gasteiger partial charge in [0.15, 0.2) is 5.17 Å². The fourth-order valence-corrected chi connectivity index (χ4v) is 3.75. The largest absolute Gasteiger partial charge is 0.497 e. The fourth-order valence-electron chi connectivity index (χ4n) is 2.42. The Kier molecular flexibility index (Phi) is 6.18. The lowest BCUT2D eigenvalue weighted by Crippen LogP contribution is -2.43. The molecule has 8 heteroatoms. The fraction of sp³-hybridized carbons (Fsp3) is 0.211. The van der Waals surface area contributed by atoms with Gasteiger partial charge in [-0.15, -0.1) is 0 Å². The lowest BCUT2D eigenvalue weighted by atomic mass is 10.2. The summed E-state index contributed by atoms with van der Waals surface area (Å²) in [5.41, 5.74) is 1.37. The van der Waals surface area contributed by atoms with E-state index in [1.165, 1.54) is 16.7 Å². The number of nitrogens with zero attached hydrogens (tertiary/aromatic N) is 2. The van der Waals surface area contributed by atoms with Crippen LogP contribution in [0.1, 0.15) is 6.42 Å². The minimum Gasteiger partial charge on any atom is -0.497 e. The summed E-state index contributed by atoms with van der Waals surface area (Å²) in [7, 11) is 3.26. The molecule has 1 saturated heterocycles. The van der Waals surface area contributed by atoms with Crippen molar-refractivity contribution in [3.05, 3.63) is 53.0 Å². The maximum absolute atomic E-state index is 12.6. The first-order valence-electron chi connectivity index (χ1n) is 8.18. The molecular weight excluding hydrogens is 430 g/mol. The van der Waals surface area contributed by atoms with Crippen LogP contribution in [0, 0.1) is 0 Å². The summed E-state index contributed by atoms with van der Waals surface area (Å²) in [5.74, 6) is 0.370. The number of halogens is 1. The van der Waals surface area contributed by atoms with Crippen molar-refractivity contribution in [2.75, 3.05) is 19.5 Å². The molecule has 0 unspecified atom stereocenters. The third-order valence-electron chi connectivity index (χ3n) is 3.97. The summed E-state index contributed by atoms with van der Waals surface area (Å²) in [5, 5.41) is 2.81. The van der Waals surface area contributed by atoms with Gasteiger partial charge in [0.1, 0.15) is 11.0 Å². The van der Waals surface area contributed by atoms with E-state index in [1.54, 1.807) is 50.6 Å². The number of carbonyl (C=O) groups is 2. The van der Waals surface area contributed by atoms with Crippen LogP contribution in [0.15, 0.2) is 58.0 Å². The molecule has 0 bridgehead atoms. The number of carbonyl (C=O) groups excluding carboxylic acids is 2. The molecule has 3 rings (SSSR count). The summed E-state index contributed by atoms with van der Waals surface area (Å²) in [4.78, 5) is 30.9. The molecule has 140 valence electrons. The van der Waals surface area contributed by atoms with E-state index in [2.05, 4.69) is 26.2 Å². The second kappa shape index (κ2) is 8.58. The maximum atomic E-state index is 12.6. The van der Waals surface area contributed by atoms with Crippen molar-refractivity contribution >= 4 is 56.0 Å². The van der Waals surface area contributed by atoms with Crippen molar-refractivity contribution in [2.24, 2.45) is 4.99 Å². The second-order valence-corrected chi connectivity index (χ2v) is 7.94. The van der Waals surface area contributed by atoms with Crippen LogP contribution in [-0.2, 0) is 9.59 Å². The van der Waals surface area contributed by atoms with Gasteiger partial charge in [0.25, 0.3) is 0 Å². The summed E-state index contributed by atoms with van der Waals surface area (Å²) in [6, 6.07) is 14.5. The van der Waals surface area contributed by atoms with Crippen LogP contribution in [0.25, 0.3) is 0 Å². The Morgan fingerprint density at radius 1 is 1.22 bits per heavy atom. The van der Waals surface area contributed by atoms with Gasteiger partial charge in [-0.2, -0.15) is 0 Å². The highest BCUT2D eigenvalue weighted by Crippen LogP contribution is 2.29. The highest BCUT2D eigenvalue weighted by atomic mass is 79.9. The highest BCUT2D eigenvalue weighted by molar-refractivity contribution is 9.10. The van der Waals surface area contributed by atoms with Gasteiger partial charge in [0.05, 0.1) is 12.8 Å². The van der Waals surface area contributed by atoms with E-state index >= 15 is 0 Å². The molecule has 0 radical (unpaired) electrons. The van der Waals surface area contributed by atoms with Crippen molar-refractivity contribution in [3.8, 4) is 5.75 Å². The van der Waals surface area contributed by atoms with E-state index in [0.717, 1.165) is 10.2 Å². The summed E-state index contributed by atoms with van der Waals surface area (Å²) < 4.78 is 6.06. The average molecular weight is 448 g/mol. The zero-order valence-electron chi connectivity index (χ0n) is 14.8. The summed E-state index contributed by atoms with van der Waals surface area (Å²) in [6.45, 7) is 0. The zero-order valence-corrected chi connectivity index (χ0v) is 17.2. The maximum Gasteiger partial charge on any atom is 0.238 e. The number of amidine groups is 1. The summed E-state index contributed by atoms with van der Waals surface area (Å²) in [6.07, 6.45) is 0.130. The van der Waals surface area contributed by atoms with Gasteiger partial charge in [0, 0.05) is 23.6 Å². The van der Waals surface area contributed by atoms with Gasteiger partial charge in [-0.3, -0.25) is 14.5 Å². The molecule has 2 aromatic carbocycles. The number of rotatable bonds is 4. The van der Waals surface area contributed by atoms with Crippen molar-refractivity contribution in [1.29, 1.82) is 0 Å². The van der Waals surface area contributed by atoms with Crippen molar-refractivity contribution in [1.82, 2.24) is 4.90 Å². The molecule has 0 aromatic heterocycles. The molecule has 1 atom stereocenters. The van der Waals surface area contributed by atoms with E-state index in [-0.39, 0.29) is 18.2 Å². The summed E-state index contributed by atoms with van der Waals surface area (Å²) >= 11 is 4.64. The van der Waals surface area contributed by atoms with E-state index < -0.39 is 5.25 Å². The number of hydrogen-bond donors (Lipinski definition) is 1. The molecule has 6 nitrogen and oxygen atoms in total. The van der Waals surface area contributed by atoms with Gasteiger partial charge < -0.3 is 10.1 Å². The Balaban J connectivity index is 1.75. The van der Waals surface area contributed by atoms with Gasteiger partial charge in [-0.1, -0.05) is 27.7 Å². The number of benzene rings is 2. The van der Waals surface area contributed by atoms with Crippen LogP contribution < -0.4 is 10.1 Å². The first kappa shape index (κ1) is 19.4. The lowest BCUT2D eigenvalue weighted by molar-refractivity contribution is -0.128. The van der Waals surface area contributed by atoms with Gasteiger partial charge in [-0.05, 0) is 48.5 Å². The van der Waals surface area contributed by atoms with Gasteiger partial charge in [0.2, 0.25) is 11.8 Å². The van der Waals surface area contributed by atoms with Crippen molar-refractivity contribution < 1.29 is 14.3 Å². The molecule has 0 saturated carbocycles. The third-order valence-corrected chi connectivity index (χ3v) is 5.74. The standard InChI is InChI=1S/C19H18BrN3O3S/c1-23-17(24)11-16(18(25)21-13-5-3-12(20)4-6-13)27-19(23)22-14-7-9-15(26-2)10-8-14/h3-10,16H,11H2,1-2H3,(H,21,25)/t16-/m0/s1. The van der Waals surface area contributed by atoms with Crippen LogP contribution in [0.2, 0.25) is 0 Å². The Morgan fingerprint density at radius 3 is 2.52 bits per heavy atom. The molecule has 2 amide bonds. The molecule has 1 heterocycles. The SMILES string of the molecule is COc1ccc(N=C2S[C@H](C(=O)Nc3ccc(Br)cc3)CC(=O)N2C)cc1. The molecule has 27 heavy (non-hydrogen) atoms. The van der Waals surface area contributed by atoms with E-state index in [0.29, 0.717) is 16.5 Å². The van der Waals surface area contributed by atoms with E-state index in [4.69, 9.17) is 4.74 Å². The molecule has 1 aliphatic heterocycles. The Morgan fingerprint density at radius 2 is 1.89 bits per heavy atom. The van der Waals surface area contributed by atoms with Crippen LogP contribution in [-0.4, -0.2) is 41.3 Å². The monoisotopic (exact) mass is 447 g/mol. The smallest absolute Gasteiger partial charge is 0.238 e. The quantitative estimate of drug-likeness (QED) is 0.767. The number of aliphatic imine (C=N–C) groups is 1. The normalized spacial score (nSPS) is 18.5. The van der Waals surface area contributed by atoms with Crippen molar-refractivity contribution in [2.45, 2.75) is 11.7 Å². The number of amides is 2. The lowest BCUT2D eigenvalue weighted by Gasteiger charge is -2.28. The number of nitrogens with one attached hydrogen (secondary N) is 1. The minimum atomic E-state index is -0.533. The van der Waals surface area contributed by atoms with E-state index in [1.807, 2.05) is 12.1 Å². The first-order valence-corrected chi connectivity index (χ1v) is 9.86. The van der Waals surface area contributed by atoms with Crippen molar-refractivity contribution in [3.63, 3.8) is 0 Å². The molecule has 2 aromatic rings. The van der Waals surface area contributed by atoms with Crippen LogP contribution in [0.5, 0.6) is 5.75 Å². The minimum absolute atomic E-state index is 0.130. The molecule has 1 aliphatic rings. The van der Waals surface area contributed by atoms with Crippen LogP contribution in [0.4, 0.5) is 11.4 Å². The Hall–Kier alpha value is -2.32. The Labute approximate surface area is 170 Å². The number of anilines is 1. The Bertz CT molecular complexity index is 869. The molecule has 0 aliphatic carbocycles. The molecule has 1 N–H and O–H groups in total. The zero-order chi connectivity index (χ0) is 19.4. The topological polar surface area (TPSA) is 71.0 Å². The van der Waals surface area contributed by atoms with Gasteiger partial charge >= 0.3 is 0 Å². The van der Waals surface area contributed by atoms with Gasteiger partial charge in [-0.25, -0.2) is 4.99 Å². The van der Waals surface area contributed by atoms with Crippen LogP contribution >= 0.6 is 27.7 Å². The van der Waals surface area contributed by atoms with Crippen LogP contribution in [0.3, 0.4) is 0 Å². The number of ether oxygens (including phenoxy) is 1. The number of methoxy groups -OCH3 is 1. The molecule has 0 spiro atoms. The average Bonchev–Trinajstić information content (AvgIpc) is 2.67.